The number of nitrogens with zero attached hydrogens (tertiary/aromatic N) is 4. The van der Waals surface area contributed by atoms with Crippen molar-refractivity contribution in [1.29, 1.82) is 0 Å². The Balaban J connectivity index is 1.60. The second-order valence-electron chi connectivity index (χ2n) is 9.92. The molecule has 0 aliphatic carbocycles. The second kappa shape index (κ2) is 10.2. The van der Waals surface area contributed by atoms with E-state index >= 15 is 0 Å². The number of para-hydroxylation sites is 2. The summed E-state index contributed by atoms with van der Waals surface area (Å²) in [6.07, 6.45) is 0.670. The van der Waals surface area contributed by atoms with Crippen LogP contribution in [0.1, 0.15) is 50.8 Å². The minimum atomic E-state index is -0.131. The average Bonchev–Trinajstić information content (AvgIpc) is 3.22. The van der Waals surface area contributed by atoms with Gasteiger partial charge in [-0.15, -0.1) is 0 Å². The van der Waals surface area contributed by atoms with Crippen molar-refractivity contribution in [1.82, 2.24) is 24.7 Å². The Morgan fingerprint density at radius 2 is 1.88 bits per heavy atom. The normalized spacial score (nSPS) is 21.7. The fraction of sp³-hybridized carbons (Fsp3) is 0.640. The van der Waals surface area contributed by atoms with E-state index in [2.05, 4.69) is 33.0 Å². The van der Waals surface area contributed by atoms with Crippen molar-refractivity contribution in [3.63, 3.8) is 0 Å². The van der Waals surface area contributed by atoms with Crippen LogP contribution in [0.3, 0.4) is 0 Å². The zero-order chi connectivity index (χ0) is 23.5. The van der Waals surface area contributed by atoms with Gasteiger partial charge in [0.05, 0.1) is 30.2 Å². The highest BCUT2D eigenvalue weighted by Crippen LogP contribution is 2.25. The number of fused-ring (bicyclic) bond motifs is 1. The number of hydrogen-bond donors (Lipinski definition) is 1. The summed E-state index contributed by atoms with van der Waals surface area (Å²) in [6, 6.07) is 7.96. The monoisotopic (exact) mass is 455 g/mol. The van der Waals surface area contributed by atoms with E-state index in [1.807, 2.05) is 38.6 Å². The highest BCUT2D eigenvalue weighted by Gasteiger charge is 2.37. The number of ether oxygens (including phenoxy) is 1. The van der Waals surface area contributed by atoms with Crippen molar-refractivity contribution in [2.24, 2.45) is 11.8 Å². The highest BCUT2D eigenvalue weighted by atomic mass is 16.5. The Morgan fingerprint density at radius 1 is 1.15 bits per heavy atom. The molecule has 2 saturated heterocycles. The number of nitrogens with one attached hydrogen (secondary N) is 1. The van der Waals surface area contributed by atoms with E-state index in [4.69, 9.17) is 9.72 Å². The van der Waals surface area contributed by atoms with Crippen LogP contribution in [0.15, 0.2) is 24.3 Å². The lowest BCUT2D eigenvalue weighted by Crippen LogP contribution is -2.56. The molecule has 4 rings (SSSR count). The van der Waals surface area contributed by atoms with Gasteiger partial charge in [-0.05, 0) is 38.3 Å². The first-order valence-corrected chi connectivity index (χ1v) is 12.2. The summed E-state index contributed by atoms with van der Waals surface area (Å²) in [6.45, 7) is 12.9. The Morgan fingerprint density at radius 3 is 2.58 bits per heavy atom. The number of benzene rings is 1. The predicted octanol–water partition coefficient (Wildman–Crippen LogP) is 2.55. The fourth-order valence-corrected chi connectivity index (χ4v) is 5.02. The molecule has 3 heterocycles. The molecule has 0 radical (unpaired) electrons. The maximum absolute atomic E-state index is 14.0. The molecule has 0 saturated carbocycles. The minimum absolute atomic E-state index is 0.0518. The van der Waals surface area contributed by atoms with Crippen LogP contribution >= 0.6 is 0 Å². The second-order valence-corrected chi connectivity index (χ2v) is 9.92. The van der Waals surface area contributed by atoms with Gasteiger partial charge < -0.3 is 24.4 Å². The first kappa shape index (κ1) is 23.7. The number of hydrogen-bond acceptors (Lipinski definition) is 5. The summed E-state index contributed by atoms with van der Waals surface area (Å²) >= 11 is 0. The maximum atomic E-state index is 14.0. The van der Waals surface area contributed by atoms with Crippen LogP contribution < -0.4 is 5.32 Å². The summed E-state index contributed by atoms with van der Waals surface area (Å²) in [5, 5.41) is 3.43. The van der Waals surface area contributed by atoms with Gasteiger partial charge in [-0.2, -0.15) is 0 Å². The molecule has 2 aromatic rings. The molecule has 8 heteroatoms. The number of aromatic nitrogens is 2. The molecule has 2 amide bonds. The molecule has 0 unspecified atom stereocenters. The zero-order valence-electron chi connectivity index (χ0n) is 20.3. The van der Waals surface area contributed by atoms with Crippen LogP contribution in [0.25, 0.3) is 11.0 Å². The molecule has 2 aliphatic heterocycles. The predicted molar refractivity (Wildman–Crippen MR) is 128 cm³/mol. The van der Waals surface area contributed by atoms with Gasteiger partial charge in [-0.25, -0.2) is 4.98 Å². The molecule has 1 N–H and O–H groups in total. The van der Waals surface area contributed by atoms with Crippen molar-refractivity contribution in [2.45, 2.75) is 46.2 Å². The van der Waals surface area contributed by atoms with E-state index in [1.54, 1.807) is 0 Å². The van der Waals surface area contributed by atoms with Gasteiger partial charge in [0, 0.05) is 44.8 Å². The van der Waals surface area contributed by atoms with Crippen LogP contribution in [-0.2, 0) is 9.53 Å². The van der Waals surface area contributed by atoms with Crippen molar-refractivity contribution in [3.05, 3.63) is 30.1 Å². The Labute approximate surface area is 196 Å². The molecular formula is C25H37N5O3. The highest BCUT2D eigenvalue weighted by molar-refractivity contribution is 5.95. The molecule has 1 aromatic heterocycles. The zero-order valence-corrected chi connectivity index (χ0v) is 20.3. The van der Waals surface area contributed by atoms with Gasteiger partial charge in [0.15, 0.2) is 5.82 Å². The number of morpholine rings is 1. The van der Waals surface area contributed by atoms with Crippen LogP contribution in [-0.4, -0.2) is 83.1 Å². The van der Waals surface area contributed by atoms with Crippen LogP contribution in [0.2, 0.25) is 0 Å². The molecule has 8 nitrogen and oxygen atoms in total. The van der Waals surface area contributed by atoms with Gasteiger partial charge >= 0.3 is 0 Å². The third-order valence-corrected chi connectivity index (χ3v) is 6.57. The van der Waals surface area contributed by atoms with E-state index in [1.165, 1.54) is 0 Å². The summed E-state index contributed by atoms with van der Waals surface area (Å²) in [5.74, 6) is 0.768. The number of imidazole rings is 1. The largest absolute Gasteiger partial charge is 0.378 e. The standard InChI is InChI=1S/C25H37N5O3/c1-17(2)16-29(20-13-19(14-26-15-20)24(31)28-9-11-33-12-10-28)25(32)23-27-21-7-5-6-8-22(21)30(23)18(3)4/h5-8,17-20,26H,9-16H2,1-4H3/t19-,20+/m1/s1. The van der Waals surface area contributed by atoms with E-state index in [-0.39, 0.29) is 29.8 Å². The van der Waals surface area contributed by atoms with E-state index in [0.717, 1.165) is 11.0 Å². The minimum Gasteiger partial charge on any atom is -0.378 e. The number of amides is 2. The molecular weight excluding hydrogens is 418 g/mol. The van der Waals surface area contributed by atoms with Gasteiger partial charge in [-0.3, -0.25) is 9.59 Å². The van der Waals surface area contributed by atoms with Crippen molar-refractivity contribution in [3.8, 4) is 0 Å². The molecule has 1 aromatic carbocycles. The maximum Gasteiger partial charge on any atom is 0.290 e. The lowest BCUT2D eigenvalue weighted by Gasteiger charge is -2.40. The SMILES string of the molecule is CC(C)CN(C(=O)c1nc2ccccc2n1C(C)C)[C@@H]1CNC[C@H](C(=O)N2CCOCC2)C1. The molecule has 180 valence electrons. The van der Waals surface area contributed by atoms with Crippen LogP contribution in [0.5, 0.6) is 0 Å². The molecule has 2 atom stereocenters. The van der Waals surface area contributed by atoms with E-state index < -0.39 is 0 Å². The van der Waals surface area contributed by atoms with E-state index in [0.29, 0.717) is 64.1 Å². The van der Waals surface area contributed by atoms with E-state index in [9.17, 15) is 9.59 Å². The van der Waals surface area contributed by atoms with Gasteiger partial charge in [-0.1, -0.05) is 26.0 Å². The summed E-state index contributed by atoms with van der Waals surface area (Å²) in [7, 11) is 0. The quantitative estimate of drug-likeness (QED) is 0.724. The molecule has 33 heavy (non-hydrogen) atoms. The third-order valence-electron chi connectivity index (χ3n) is 6.57. The molecule has 0 spiro atoms. The summed E-state index contributed by atoms with van der Waals surface area (Å²) < 4.78 is 7.44. The van der Waals surface area contributed by atoms with Crippen LogP contribution in [0, 0.1) is 11.8 Å². The van der Waals surface area contributed by atoms with Crippen molar-refractivity contribution < 1.29 is 14.3 Å². The summed E-state index contributed by atoms with van der Waals surface area (Å²) in [4.78, 5) is 35.7. The molecule has 2 fully saturated rings. The van der Waals surface area contributed by atoms with Crippen molar-refractivity contribution >= 4 is 22.8 Å². The number of rotatable bonds is 6. The first-order chi connectivity index (χ1) is 15.9. The number of carbonyl (C=O) groups is 2. The molecule has 2 aliphatic rings. The number of carbonyl (C=O) groups excluding carboxylic acids is 2. The smallest absolute Gasteiger partial charge is 0.290 e. The lowest BCUT2D eigenvalue weighted by molar-refractivity contribution is -0.140. The average molecular weight is 456 g/mol. The fourth-order valence-electron chi connectivity index (χ4n) is 5.02. The Hall–Kier alpha value is -2.45. The first-order valence-electron chi connectivity index (χ1n) is 12.2. The van der Waals surface area contributed by atoms with Crippen LogP contribution in [0.4, 0.5) is 0 Å². The Kier molecular flexibility index (Phi) is 7.34. The third kappa shape index (κ3) is 5.06. The van der Waals surface area contributed by atoms with Gasteiger partial charge in [0.2, 0.25) is 5.91 Å². The summed E-state index contributed by atoms with van der Waals surface area (Å²) in [5.41, 5.74) is 1.81. The van der Waals surface area contributed by atoms with Gasteiger partial charge in [0.1, 0.15) is 0 Å². The van der Waals surface area contributed by atoms with Gasteiger partial charge in [0.25, 0.3) is 5.91 Å². The number of piperidine rings is 1. The lowest BCUT2D eigenvalue weighted by atomic mass is 9.92. The molecule has 0 bridgehead atoms. The topological polar surface area (TPSA) is 79.7 Å². The Bertz CT molecular complexity index is 980. The van der Waals surface area contributed by atoms with Crippen molar-refractivity contribution in [2.75, 3.05) is 45.9 Å².